The number of amides is 1. The number of rotatable bonds is 2. The maximum Gasteiger partial charge on any atom is 0.242 e. The maximum absolute atomic E-state index is 12.6. The zero-order valence-corrected chi connectivity index (χ0v) is 12.5. The first-order valence-corrected chi connectivity index (χ1v) is 7.48. The lowest BCUT2D eigenvalue weighted by Gasteiger charge is -2.28. The Bertz CT molecular complexity index is 887. The number of anilines is 1. The minimum Gasteiger partial charge on any atom is -0.368 e. The van der Waals surface area contributed by atoms with Crippen molar-refractivity contribution in [2.24, 2.45) is 0 Å². The molecular weight excluding hydrogens is 292 g/mol. The average molecular weight is 308 g/mol. The lowest BCUT2D eigenvalue weighted by Crippen LogP contribution is -2.38. The van der Waals surface area contributed by atoms with Crippen molar-refractivity contribution in [1.29, 1.82) is 0 Å². The summed E-state index contributed by atoms with van der Waals surface area (Å²) in [5.41, 5.74) is 9.40. The van der Waals surface area contributed by atoms with Crippen molar-refractivity contribution in [2.45, 2.75) is 19.5 Å². The Kier molecular flexibility index (Phi) is 3.18. The van der Waals surface area contributed by atoms with Gasteiger partial charge in [0.1, 0.15) is 6.54 Å². The molecule has 0 radical (unpaired) electrons. The van der Waals surface area contributed by atoms with Crippen LogP contribution in [0.25, 0.3) is 11.0 Å². The molecule has 7 heteroatoms. The quantitative estimate of drug-likeness (QED) is 0.762. The van der Waals surface area contributed by atoms with E-state index in [1.54, 1.807) is 12.5 Å². The third-order valence-electron chi connectivity index (χ3n) is 4.15. The minimum absolute atomic E-state index is 0.0518. The number of nitrogens with zero attached hydrogens (tertiary/aromatic N) is 5. The fraction of sp³-hybridized carbons (Fsp3) is 0.250. The first kappa shape index (κ1) is 13.7. The van der Waals surface area contributed by atoms with Crippen LogP contribution in [0.3, 0.4) is 0 Å². The van der Waals surface area contributed by atoms with E-state index in [4.69, 9.17) is 5.73 Å². The molecule has 116 valence electrons. The largest absolute Gasteiger partial charge is 0.368 e. The number of imidazole rings is 1. The number of hydrogen-bond acceptors (Lipinski definition) is 5. The van der Waals surface area contributed by atoms with Gasteiger partial charge in [-0.2, -0.15) is 0 Å². The van der Waals surface area contributed by atoms with Gasteiger partial charge in [0.25, 0.3) is 0 Å². The van der Waals surface area contributed by atoms with E-state index in [1.165, 1.54) is 0 Å². The molecule has 1 aromatic carbocycles. The standard InChI is InChI=1S/C16H16N6O/c17-16-18-7-11-5-6-21(8-13(11)20-16)15(23)9-22-10-19-12-3-1-2-4-14(12)22/h1-4,7,10H,5-6,8-9H2,(H2,17,18,20). The number of hydrogen-bond donors (Lipinski definition) is 1. The molecule has 23 heavy (non-hydrogen) atoms. The Morgan fingerprint density at radius 2 is 2.13 bits per heavy atom. The van der Waals surface area contributed by atoms with E-state index in [0.717, 1.165) is 28.7 Å². The fourth-order valence-corrected chi connectivity index (χ4v) is 2.91. The van der Waals surface area contributed by atoms with Gasteiger partial charge in [0.15, 0.2) is 0 Å². The second kappa shape index (κ2) is 5.35. The summed E-state index contributed by atoms with van der Waals surface area (Å²) in [4.78, 5) is 27.0. The SMILES string of the molecule is Nc1ncc2c(n1)CN(C(=O)Cn1cnc3ccccc31)CC2. The summed E-state index contributed by atoms with van der Waals surface area (Å²) in [7, 11) is 0. The van der Waals surface area contributed by atoms with Crippen molar-refractivity contribution >= 4 is 22.9 Å². The van der Waals surface area contributed by atoms with Gasteiger partial charge in [0, 0.05) is 12.7 Å². The highest BCUT2D eigenvalue weighted by molar-refractivity contribution is 5.80. The summed E-state index contributed by atoms with van der Waals surface area (Å²) >= 11 is 0. The van der Waals surface area contributed by atoms with Crippen LogP contribution in [0.2, 0.25) is 0 Å². The molecule has 1 aliphatic rings. The van der Waals surface area contributed by atoms with Crippen LogP contribution in [0, 0.1) is 0 Å². The normalized spacial score (nSPS) is 14.0. The highest BCUT2D eigenvalue weighted by Gasteiger charge is 2.22. The molecule has 2 N–H and O–H groups in total. The molecule has 0 saturated heterocycles. The molecule has 0 fully saturated rings. The van der Waals surface area contributed by atoms with Crippen molar-refractivity contribution in [3.05, 3.63) is 48.0 Å². The van der Waals surface area contributed by atoms with Crippen molar-refractivity contribution < 1.29 is 4.79 Å². The van der Waals surface area contributed by atoms with Crippen molar-refractivity contribution in [3.63, 3.8) is 0 Å². The topological polar surface area (TPSA) is 89.9 Å². The van der Waals surface area contributed by atoms with Gasteiger partial charge in [-0.25, -0.2) is 15.0 Å². The molecular formula is C16H16N6O. The summed E-state index contributed by atoms with van der Waals surface area (Å²) in [5, 5.41) is 0. The van der Waals surface area contributed by atoms with Crippen molar-refractivity contribution in [1.82, 2.24) is 24.4 Å². The van der Waals surface area contributed by atoms with E-state index >= 15 is 0 Å². The predicted octanol–water partition coefficient (Wildman–Crippen LogP) is 0.993. The number of nitrogens with two attached hydrogens (primary N) is 1. The van der Waals surface area contributed by atoms with E-state index in [-0.39, 0.29) is 18.4 Å². The van der Waals surface area contributed by atoms with Gasteiger partial charge < -0.3 is 15.2 Å². The second-order valence-corrected chi connectivity index (χ2v) is 5.63. The third kappa shape index (κ3) is 2.50. The van der Waals surface area contributed by atoms with Gasteiger partial charge in [-0.3, -0.25) is 4.79 Å². The third-order valence-corrected chi connectivity index (χ3v) is 4.15. The van der Waals surface area contributed by atoms with E-state index in [1.807, 2.05) is 33.7 Å². The monoisotopic (exact) mass is 308 g/mol. The molecule has 0 unspecified atom stereocenters. The smallest absolute Gasteiger partial charge is 0.242 e. The van der Waals surface area contributed by atoms with Gasteiger partial charge in [0.2, 0.25) is 11.9 Å². The summed E-state index contributed by atoms with van der Waals surface area (Å²) in [6.07, 6.45) is 4.22. The van der Waals surface area contributed by atoms with Gasteiger partial charge in [-0.15, -0.1) is 0 Å². The van der Waals surface area contributed by atoms with Gasteiger partial charge in [0.05, 0.1) is 29.6 Å². The molecule has 7 nitrogen and oxygen atoms in total. The van der Waals surface area contributed by atoms with Gasteiger partial charge in [-0.05, 0) is 24.1 Å². The molecule has 1 aliphatic heterocycles. The first-order valence-electron chi connectivity index (χ1n) is 7.48. The van der Waals surface area contributed by atoms with Crippen LogP contribution in [-0.2, 0) is 24.3 Å². The molecule has 0 spiro atoms. The Hall–Kier alpha value is -2.96. The van der Waals surface area contributed by atoms with Crippen LogP contribution < -0.4 is 5.73 Å². The van der Waals surface area contributed by atoms with Crippen LogP contribution >= 0.6 is 0 Å². The molecule has 2 aromatic heterocycles. The molecule has 0 aliphatic carbocycles. The predicted molar refractivity (Wildman–Crippen MR) is 85.3 cm³/mol. The number of fused-ring (bicyclic) bond motifs is 2. The Morgan fingerprint density at radius 3 is 3.04 bits per heavy atom. The average Bonchev–Trinajstić information content (AvgIpc) is 2.97. The molecule has 1 amide bonds. The van der Waals surface area contributed by atoms with Gasteiger partial charge in [-0.1, -0.05) is 12.1 Å². The number of aromatic nitrogens is 4. The van der Waals surface area contributed by atoms with E-state index in [2.05, 4.69) is 15.0 Å². The Balaban J connectivity index is 1.54. The van der Waals surface area contributed by atoms with Crippen LogP contribution in [0.5, 0.6) is 0 Å². The molecule has 0 bridgehead atoms. The summed E-state index contributed by atoms with van der Waals surface area (Å²) in [6.45, 7) is 1.43. The zero-order valence-electron chi connectivity index (χ0n) is 12.5. The highest BCUT2D eigenvalue weighted by Crippen LogP contribution is 2.18. The molecule has 4 rings (SSSR count). The van der Waals surface area contributed by atoms with E-state index in [9.17, 15) is 4.79 Å². The Labute approximate surface area is 132 Å². The number of benzene rings is 1. The van der Waals surface area contributed by atoms with E-state index < -0.39 is 0 Å². The maximum atomic E-state index is 12.6. The van der Waals surface area contributed by atoms with Gasteiger partial charge >= 0.3 is 0 Å². The van der Waals surface area contributed by atoms with Crippen molar-refractivity contribution in [3.8, 4) is 0 Å². The molecule has 3 aromatic rings. The first-order chi connectivity index (χ1) is 11.2. The number of para-hydroxylation sites is 2. The zero-order chi connectivity index (χ0) is 15.8. The van der Waals surface area contributed by atoms with Crippen LogP contribution in [0.15, 0.2) is 36.8 Å². The fourth-order valence-electron chi connectivity index (χ4n) is 2.91. The minimum atomic E-state index is 0.0518. The number of carbonyl (C=O) groups excluding carboxylic acids is 1. The van der Waals surface area contributed by atoms with Crippen LogP contribution in [0.1, 0.15) is 11.3 Å². The summed E-state index contributed by atoms with van der Waals surface area (Å²) < 4.78 is 1.88. The number of nitrogen functional groups attached to an aromatic ring is 1. The van der Waals surface area contributed by atoms with E-state index in [0.29, 0.717) is 13.1 Å². The molecule has 3 heterocycles. The van der Waals surface area contributed by atoms with Crippen molar-refractivity contribution in [2.75, 3.05) is 12.3 Å². The highest BCUT2D eigenvalue weighted by atomic mass is 16.2. The summed E-state index contributed by atoms with van der Waals surface area (Å²) in [5.74, 6) is 0.301. The second-order valence-electron chi connectivity index (χ2n) is 5.63. The number of carbonyl (C=O) groups is 1. The molecule has 0 saturated carbocycles. The van der Waals surface area contributed by atoms with Crippen LogP contribution in [-0.4, -0.2) is 36.9 Å². The Morgan fingerprint density at radius 1 is 1.26 bits per heavy atom. The van der Waals surface area contributed by atoms with Crippen LogP contribution in [0.4, 0.5) is 5.95 Å². The molecule has 0 atom stereocenters. The summed E-state index contributed by atoms with van der Waals surface area (Å²) in [6, 6.07) is 7.79. The lowest BCUT2D eigenvalue weighted by molar-refractivity contribution is -0.132. The lowest BCUT2D eigenvalue weighted by atomic mass is 10.1.